The predicted molar refractivity (Wildman–Crippen MR) is 80.4 cm³/mol. The highest BCUT2D eigenvalue weighted by Gasteiger charge is 2.48. The van der Waals surface area contributed by atoms with Crippen LogP contribution in [0.3, 0.4) is 0 Å². The lowest BCUT2D eigenvalue weighted by atomic mass is 9.76. The Morgan fingerprint density at radius 3 is 1.35 bits per heavy atom. The Hall–Kier alpha value is 0.170. The molecule has 2 rings (SSSR count). The molecule has 0 heterocycles. The highest BCUT2D eigenvalue weighted by atomic mass is 35.5. The molecular formula is C15H24Cl2O3. The standard InChI is InChI=1S/C15H24Cl2O3/c16-12(14(19)7-3-1-4-8-14)11(18)13(17)15(20)9-5-2-6-10-15/h12-13,19-20H,1-10H2. The molecule has 0 bridgehead atoms. The van der Waals surface area contributed by atoms with E-state index in [2.05, 4.69) is 0 Å². The summed E-state index contributed by atoms with van der Waals surface area (Å²) in [6.07, 6.45) is 7.79. The van der Waals surface area contributed by atoms with Crippen LogP contribution >= 0.6 is 23.2 Å². The van der Waals surface area contributed by atoms with Gasteiger partial charge in [0.05, 0.1) is 11.2 Å². The zero-order chi connectivity index (χ0) is 14.8. The number of halogens is 2. The monoisotopic (exact) mass is 322 g/mol. The molecule has 2 aliphatic rings. The molecule has 3 nitrogen and oxygen atoms in total. The van der Waals surface area contributed by atoms with Crippen molar-refractivity contribution >= 4 is 29.0 Å². The summed E-state index contributed by atoms with van der Waals surface area (Å²) in [5.41, 5.74) is -2.32. The molecular weight excluding hydrogens is 299 g/mol. The molecule has 2 atom stereocenters. The van der Waals surface area contributed by atoms with Crippen molar-refractivity contribution in [3.8, 4) is 0 Å². The summed E-state index contributed by atoms with van der Waals surface area (Å²) in [6, 6.07) is 0. The van der Waals surface area contributed by atoms with Gasteiger partial charge in [-0.2, -0.15) is 0 Å². The van der Waals surface area contributed by atoms with Gasteiger partial charge in [-0.1, -0.05) is 38.5 Å². The molecule has 2 N–H and O–H groups in total. The van der Waals surface area contributed by atoms with E-state index in [1.807, 2.05) is 0 Å². The number of hydrogen-bond acceptors (Lipinski definition) is 3. The van der Waals surface area contributed by atoms with Crippen molar-refractivity contribution in [3.05, 3.63) is 0 Å². The molecule has 0 aromatic heterocycles. The molecule has 0 spiro atoms. The van der Waals surface area contributed by atoms with Crippen LogP contribution in [0.4, 0.5) is 0 Å². The lowest BCUT2D eigenvalue weighted by Crippen LogP contribution is -2.53. The van der Waals surface area contributed by atoms with Gasteiger partial charge in [0.15, 0.2) is 5.78 Å². The first-order chi connectivity index (χ1) is 9.39. The summed E-state index contributed by atoms with van der Waals surface area (Å²) in [7, 11) is 0. The Morgan fingerprint density at radius 1 is 0.750 bits per heavy atom. The molecule has 5 heteroatoms. The van der Waals surface area contributed by atoms with E-state index in [0.717, 1.165) is 38.5 Å². The van der Waals surface area contributed by atoms with Crippen molar-refractivity contribution in [2.75, 3.05) is 0 Å². The Bertz CT molecular complexity index is 315. The third kappa shape index (κ3) is 3.32. The first-order valence-electron chi connectivity index (χ1n) is 7.66. The van der Waals surface area contributed by atoms with Crippen molar-refractivity contribution < 1.29 is 15.0 Å². The van der Waals surface area contributed by atoms with Crippen molar-refractivity contribution in [2.45, 2.75) is 86.2 Å². The summed E-state index contributed by atoms with van der Waals surface area (Å²) in [4.78, 5) is 12.5. The summed E-state index contributed by atoms with van der Waals surface area (Å²) in [6.45, 7) is 0. The maximum Gasteiger partial charge on any atom is 0.174 e. The second-order valence-corrected chi connectivity index (χ2v) is 7.33. The van der Waals surface area contributed by atoms with Crippen LogP contribution in [0.5, 0.6) is 0 Å². The molecule has 20 heavy (non-hydrogen) atoms. The highest BCUT2D eigenvalue weighted by Crippen LogP contribution is 2.39. The van der Waals surface area contributed by atoms with Gasteiger partial charge in [0.2, 0.25) is 0 Å². The fraction of sp³-hybridized carbons (Fsp3) is 0.933. The quantitative estimate of drug-likeness (QED) is 0.782. The van der Waals surface area contributed by atoms with Gasteiger partial charge in [-0.05, 0) is 25.7 Å². The molecule has 0 aromatic rings. The zero-order valence-corrected chi connectivity index (χ0v) is 13.3. The molecule has 0 aliphatic heterocycles. The number of rotatable bonds is 4. The summed E-state index contributed by atoms with van der Waals surface area (Å²) >= 11 is 12.5. The summed E-state index contributed by atoms with van der Waals surface area (Å²) in [5, 5.41) is 19.1. The van der Waals surface area contributed by atoms with E-state index in [1.165, 1.54) is 0 Å². The Balaban J connectivity index is 2.05. The van der Waals surface area contributed by atoms with Crippen LogP contribution in [0, 0.1) is 0 Å². The van der Waals surface area contributed by atoms with Crippen molar-refractivity contribution in [1.82, 2.24) is 0 Å². The number of alkyl halides is 2. The van der Waals surface area contributed by atoms with Crippen molar-refractivity contribution in [2.24, 2.45) is 0 Å². The fourth-order valence-corrected chi connectivity index (χ4v) is 4.25. The van der Waals surface area contributed by atoms with Gasteiger partial charge in [-0.3, -0.25) is 4.79 Å². The minimum atomic E-state index is -1.16. The molecule has 2 unspecified atom stereocenters. The van der Waals surface area contributed by atoms with E-state index in [1.54, 1.807) is 0 Å². The smallest absolute Gasteiger partial charge is 0.174 e. The normalized spacial score (nSPS) is 28.6. The Morgan fingerprint density at radius 2 is 1.05 bits per heavy atom. The van der Waals surface area contributed by atoms with Gasteiger partial charge >= 0.3 is 0 Å². The van der Waals surface area contributed by atoms with Gasteiger partial charge < -0.3 is 10.2 Å². The molecule has 0 saturated heterocycles. The Kier molecular flexibility index (Phi) is 5.39. The number of carbonyl (C=O) groups excluding carboxylic acids is 1. The third-order valence-electron chi connectivity index (χ3n) is 4.88. The van der Waals surface area contributed by atoms with E-state index in [4.69, 9.17) is 23.2 Å². The first kappa shape index (κ1) is 16.5. The second-order valence-electron chi connectivity index (χ2n) is 6.46. The topological polar surface area (TPSA) is 57.5 Å². The van der Waals surface area contributed by atoms with Gasteiger partial charge in [0.25, 0.3) is 0 Å². The van der Waals surface area contributed by atoms with Crippen molar-refractivity contribution in [1.29, 1.82) is 0 Å². The average molecular weight is 323 g/mol. The van der Waals surface area contributed by atoms with E-state index in [9.17, 15) is 15.0 Å². The maximum atomic E-state index is 12.5. The Labute approximate surface area is 130 Å². The van der Waals surface area contributed by atoms with E-state index in [0.29, 0.717) is 25.7 Å². The minimum Gasteiger partial charge on any atom is -0.388 e. The summed E-state index contributed by atoms with van der Waals surface area (Å²) < 4.78 is 0. The van der Waals surface area contributed by atoms with Gasteiger partial charge in [0.1, 0.15) is 10.8 Å². The number of aliphatic hydroxyl groups is 2. The van der Waals surface area contributed by atoms with Gasteiger partial charge in [-0.15, -0.1) is 23.2 Å². The molecule has 0 amide bonds. The lowest BCUT2D eigenvalue weighted by Gasteiger charge is -2.40. The number of carbonyl (C=O) groups is 1. The van der Waals surface area contributed by atoms with Crippen LogP contribution in [0.25, 0.3) is 0 Å². The molecule has 2 fully saturated rings. The summed E-state index contributed by atoms with van der Waals surface area (Å²) in [5.74, 6) is -0.415. The molecule has 2 saturated carbocycles. The van der Waals surface area contributed by atoms with Crippen LogP contribution in [-0.2, 0) is 4.79 Å². The SMILES string of the molecule is O=C(C(Cl)C1(O)CCCCC1)C(Cl)C1(O)CCCCC1. The number of Topliss-reactive ketones (excluding diaryl/α,β-unsaturated/α-hetero) is 1. The van der Waals surface area contributed by atoms with E-state index >= 15 is 0 Å². The number of ketones is 1. The molecule has 0 aromatic carbocycles. The predicted octanol–water partition coefficient (Wildman–Crippen LogP) is 3.16. The highest BCUT2D eigenvalue weighted by molar-refractivity contribution is 6.41. The van der Waals surface area contributed by atoms with Gasteiger partial charge in [0, 0.05) is 0 Å². The third-order valence-corrected chi connectivity index (χ3v) is 6.12. The van der Waals surface area contributed by atoms with Crippen LogP contribution in [0.15, 0.2) is 0 Å². The van der Waals surface area contributed by atoms with Crippen LogP contribution in [0.1, 0.15) is 64.2 Å². The fourth-order valence-electron chi connectivity index (χ4n) is 3.49. The largest absolute Gasteiger partial charge is 0.388 e. The van der Waals surface area contributed by atoms with Gasteiger partial charge in [-0.25, -0.2) is 0 Å². The van der Waals surface area contributed by atoms with E-state index in [-0.39, 0.29) is 0 Å². The minimum absolute atomic E-state index is 0.415. The second kappa shape index (κ2) is 6.51. The molecule has 0 radical (unpaired) electrons. The van der Waals surface area contributed by atoms with Crippen LogP contribution < -0.4 is 0 Å². The average Bonchev–Trinajstić information content (AvgIpc) is 2.46. The maximum absolute atomic E-state index is 12.5. The zero-order valence-electron chi connectivity index (χ0n) is 11.8. The lowest BCUT2D eigenvalue weighted by molar-refractivity contribution is -0.130. The van der Waals surface area contributed by atoms with Crippen LogP contribution in [0.2, 0.25) is 0 Å². The first-order valence-corrected chi connectivity index (χ1v) is 8.53. The van der Waals surface area contributed by atoms with Crippen LogP contribution in [-0.4, -0.2) is 38.0 Å². The molecule has 2 aliphatic carbocycles. The van der Waals surface area contributed by atoms with E-state index < -0.39 is 27.7 Å². The molecule has 116 valence electrons. The number of hydrogen-bond donors (Lipinski definition) is 2. The van der Waals surface area contributed by atoms with Crippen molar-refractivity contribution in [3.63, 3.8) is 0 Å².